The average Bonchev–Trinajstić information content (AvgIpc) is 2.89. The van der Waals surface area contributed by atoms with Crippen molar-refractivity contribution in [3.05, 3.63) is 82.2 Å². The molecule has 1 heterocycles. The predicted octanol–water partition coefficient (Wildman–Crippen LogP) is 5.37. The molecule has 0 radical (unpaired) electrons. The maximum Gasteiger partial charge on any atom is 0.169 e. The smallest absolute Gasteiger partial charge is 0.169 e. The number of hydrogen-bond donors (Lipinski definition) is 1. The van der Waals surface area contributed by atoms with Gasteiger partial charge in [0.25, 0.3) is 0 Å². The van der Waals surface area contributed by atoms with Crippen LogP contribution in [0.4, 0.5) is 0 Å². The van der Waals surface area contributed by atoms with E-state index in [0.717, 1.165) is 36.8 Å². The van der Waals surface area contributed by atoms with Gasteiger partial charge in [0.15, 0.2) is 6.29 Å². The summed E-state index contributed by atoms with van der Waals surface area (Å²) in [4.78, 5) is 2.97. The second-order valence-corrected chi connectivity index (χ2v) is 8.84. The molecule has 190 valence electrons. The number of alkyl halides is 1. The quantitative estimate of drug-likeness (QED) is 0.116. The van der Waals surface area contributed by atoms with Crippen LogP contribution in [0, 0.1) is 0 Å². The molecule has 0 amide bonds. The highest BCUT2D eigenvalue weighted by molar-refractivity contribution is 6.17. The molecule has 0 bridgehead atoms. The minimum absolute atomic E-state index is 0.139. The molecule has 0 unspecified atom stereocenters. The molecule has 0 saturated carbocycles. The largest absolute Gasteiger partial charge is 0.388 e. The van der Waals surface area contributed by atoms with Gasteiger partial charge in [0.05, 0.1) is 25.9 Å². The molecule has 9 heteroatoms. The highest BCUT2D eigenvalue weighted by Gasteiger charge is 2.46. The van der Waals surface area contributed by atoms with Crippen LogP contribution in [0.3, 0.4) is 0 Å². The van der Waals surface area contributed by atoms with Crippen LogP contribution in [-0.4, -0.2) is 54.8 Å². The summed E-state index contributed by atoms with van der Waals surface area (Å²) in [6.45, 7) is 1.21. The van der Waals surface area contributed by atoms with E-state index in [2.05, 4.69) is 10.0 Å². The third kappa shape index (κ3) is 9.09. The van der Waals surface area contributed by atoms with Crippen LogP contribution in [0.1, 0.15) is 36.8 Å². The summed E-state index contributed by atoms with van der Waals surface area (Å²) in [5.74, 6) is 0.647. The Kier molecular flexibility index (Phi) is 12.3. The van der Waals surface area contributed by atoms with Gasteiger partial charge >= 0.3 is 0 Å². The molecule has 0 aliphatic carbocycles. The van der Waals surface area contributed by atoms with E-state index in [9.17, 15) is 10.6 Å². The molecule has 8 nitrogen and oxygen atoms in total. The Bertz CT molecular complexity index is 885. The van der Waals surface area contributed by atoms with Crippen molar-refractivity contribution in [1.29, 1.82) is 0 Å². The van der Waals surface area contributed by atoms with E-state index in [-0.39, 0.29) is 13.2 Å². The molecule has 1 aliphatic rings. The molecule has 1 aliphatic heterocycles. The number of halogens is 1. The molecule has 0 aromatic heterocycles. The van der Waals surface area contributed by atoms with E-state index in [4.69, 9.17) is 30.5 Å². The van der Waals surface area contributed by atoms with Crippen molar-refractivity contribution in [1.82, 2.24) is 0 Å². The summed E-state index contributed by atoms with van der Waals surface area (Å²) in [7, 11) is 0. The Balaban J connectivity index is 1.66. The zero-order valence-corrected chi connectivity index (χ0v) is 20.6. The molecule has 2 aromatic rings. The van der Waals surface area contributed by atoms with Gasteiger partial charge in [-0.15, -0.1) is 11.6 Å². The van der Waals surface area contributed by atoms with Crippen molar-refractivity contribution in [2.75, 3.05) is 19.1 Å². The van der Waals surface area contributed by atoms with E-state index in [0.29, 0.717) is 19.1 Å². The van der Waals surface area contributed by atoms with Crippen LogP contribution in [-0.2, 0) is 32.2 Å². The monoisotopic (exact) mass is 503 g/mol. The molecule has 2 aromatic carbocycles. The zero-order chi connectivity index (χ0) is 24.7. The SMILES string of the molecule is [N-]=[N+]=N[C@H]1[C@H](OCCCCCCCl)O[C@H](COCc2ccccc2)[C@@H](O)[C@@H]1OCc1ccccc1. The summed E-state index contributed by atoms with van der Waals surface area (Å²) < 4.78 is 24.0. The van der Waals surface area contributed by atoms with Crippen LogP contribution in [0.25, 0.3) is 10.4 Å². The van der Waals surface area contributed by atoms with E-state index in [1.807, 2.05) is 60.7 Å². The van der Waals surface area contributed by atoms with Gasteiger partial charge in [0.2, 0.25) is 0 Å². The van der Waals surface area contributed by atoms with E-state index < -0.39 is 30.6 Å². The topological polar surface area (TPSA) is 106 Å². The first-order chi connectivity index (χ1) is 17.2. The van der Waals surface area contributed by atoms with Gasteiger partial charge in [0, 0.05) is 17.4 Å². The van der Waals surface area contributed by atoms with Gasteiger partial charge in [-0.05, 0) is 29.5 Å². The normalized spacial score (nSPS) is 24.1. The number of azide groups is 1. The fourth-order valence-electron chi connectivity index (χ4n) is 3.94. The lowest BCUT2D eigenvalue weighted by molar-refractivity contribution is -0.276. The first-order valence-corrected chi connectivity index (χ1v) is 12.6. The van der Waals surface area contributed by atoms with Crippen molar-refractivity contribution in [2.45, 2.75) is 69.5 Å². The zero-order valence-electron chi connectivity index (χ0n) is 19.8. The third-order valence-corrected chi connectivity index (χ3v) is 6.08. The molecule has 0 spiro atoms. The summed E-state index contributed by atoms with van der Waals surface area (Å²) >= 11 is 5.74. The summed E-state index contributed by atoms with van der Waals surface area (Å²) in [6, 6.07) is 18.6. The number of aliphatic hydroxyl groups excluding tert-OH is 1. The van der Waals surface area contributed by atoms with Crippen molar-refractivity contribution >= 4 is 11.6 Å². The van der Waals surface area contributed by atoms with Crippen LogP contribution >= 0.6 is 11.6 Å². The lowest BCUT2D eigenvalue weighted by atomic mass is 9.97. The Hall–Kier alpha value is -2.16. The first kappa shape index (κ1) is 27.4. The molecule has 35 heavy (non-hydrogen) atoms. The van der Waals surface area contributed by atoms with Gasteiger partial charge in [-0.1, -0.05) is 78.6 Å². The fourth-order valence-corrected chi connectivity index (χ4v) is 4.13. The second kappa shape index (κ2) is 15.8. The maximum absolute atomic E-state index is 11.1. The Morgan fingerprint density at radius 1 is 0.914 bits per heavy atom. The molecule has 3 rings (SSSR count). The van der Waals surface area contributed by atoms with E-state index in [1.165, 1.54) is 0 Å². The van der Waals surface area contributed by atoms with Crippen molar-refractivity contribution in [3.63, 3.8) is 0 Å². The van der Waals surface area contributed by atoms with E-state index >= 15 is 0 Å². The van der Waals surface area contributed by atoms with Crippen molar-refractivity contribution in [3.8, 4) is 0 Å². The molecular weight excluding hydrogens is 470 g/mol. The van der Waals surface area contributed by atoms with Crippen LogP contribution in [0.5, 0.6) is 0 Å². The second-order valence-electron chi connectivity index (χ2n) is 8.46. The highest BCUT2D eigenvalue weighted by Crippen LogP contribution is 2.28. The number of aliphatic hydroxyl groups is 1. The average molecular weight is 504 g/mol. The Morgan fingerprint density at radius 2 is 1.57 bits per heavy atom. The number of rotatable bonds is 15. The van der Waals surface area contributed by atoms with Crippen molar-refractivity contribution < 1.29 is 24.1 Å². The van der Waals surface area contributed by atoms with Gasteiger partial charge in [-0.3, -0.25) is 0 Å². The third-order valence-electron chi connectivity index (χ3n) is 5.82. The lowest BCUT2D eigenvalue weighted by Crippen LogP contribution is -2.59. The summed E-state index contributed by atoms with van der Waals surface area (Å²) in [5.41, 5.74) is 11.2. The van der Waals surface area contributed by atoms with Crippen molar-refractivity contribution in [2.24, 2.45) is 5.11 Å². The molecule has 5 atom stereocenters. The number of unbranched alkanes of at least 4 members (excludes halogenated alkanes) is 3. The molecular formula is C26H34ClN3O5. The number of benzene rings is 2. The standard InChI is InChI=1S/C26H34ClN3O5/c27-15-9-1-2-10-16-33-26-23(29-30-28)25(34-18-21-13-7-4-8-14-21)24(31)22(35-26)19-32-17-20-11-5-3-6-12-20/h3-8,11-14,22-26,31H,1-2,9-10,15-19H2/t22-,23-,24-,25-,26-/m1/s1. The highest BCUT2D eigenvalue weighted by atomic mass is 35.5. The summed E-state index contributed by atoms with van der Waals surface area (Å²) in [6.07, 6.45) is 0.360. The lowest BCUT2D eigenvalue weighted by Gasteiger charge is -2.42. The first-order valence-electron chi connectivity index (χ1n) is 12.1. The summed E-state index contributed by atoms with van der Waals surface area (Å²) in [5, 5.41) is 15.0. The van der Waals surface area contributed by atoms with Gasteiger partial charge in [-0.25, -0.2) is 0 Å². The molecule has 1 saturated heterocycles. The van der Waals surface area contributed by atoms with E-state index in [1.54, 1.807) is 0 Å². The van der Waals surface area contributed by atoms with Gasteiger partial charge in [-0.2, -0.15) is 0 Å². The van der Waals surface area contributed by atoms with Crippen LogP contribution < -0.4 is 0 Å². The minimum atomic E-state index is -1.06. The number of ether oxygens (including phenoxy) is 4. The fraction of sp³-hybridized carbons (Fsp3) is 0.538. The Labute approximate surface area is 211 Å². The number of nitrogens with zero attached hydrogens (tertiary/aromatic N) is 3. The predicted molar refractivity (Wildman–Crippen MR) is 134 cm³/mol. The molecule has 1 fully saturated rings. The van der Waals surface area contributed by atoms with Gasteiger partial charge < -0.3 is 24.1 Å². The number of hydrogen-bond acceptors (Lipinski definition) is 6. The maximum atomic E-state index is 11.1. The van der Waals surface area contributed by atoms with Crippen LogP contribution in [0.15, 0.2) is 65.8 Å². The van der Waals surface area contributed by atoms with Gasteiger partial charge in [0.1, 0.15) is 18.2 Å². The molecule has 1 N–H and O–H groups in total. The minimum Gasteiger partial charge on any atom is -0.388 e. The Morgan fingerprint density at radius 3 is 2.23 bits per heavy atom. The van der Waals surface area contributed by atoms with Crippen LogP contribution in [0.2, 0.25) is 0 Å².